The van der Waals surface area contributed by atoms with Crippen LogP contribution < -0.4 is 21.1 Å². The van der Waals surface area contributed by atoms with Gasteiger partial charge in [0.25, 0.3) is 11.8 Å². The molecule has 0 saturated carbocycles. The van der Waals surface area contributed by atoms with Crippen LogP contribution >= 0.6 is 9.24 Å². The van der Waals surface area contributed by atoms with Crippen molar-refractivity contribution in [2.24, 2.45) is 5.73 Å². The van der Waals surface area contributed by atoms with Gasteiger partial charge in [0.2, 0.25) is 0 Å². The highest BCUT2D eigenvalue weighted by Gasteiger charge is 2.28. The van der Waals surface area contributed by atoms with Gasteiger partial charge >= 0.3 is 5.97 Å². The summed E-state index contributed by atoms with van der Waals surface area (Å²) in [6.45, 7) is 2.28. The number of carboxylic acids is 1. The van der Waals surface area contributed by atoms with Crippen molar-refractivity contribution < 1.29 is 24.2 Å². The van der Waals surface area contributed by atoms with Gasteiger partial charge in [-0.05, 0) is 60.2 Å². The van der Waals surface area contributed by atoms with Gasteiger partial charge in [-0.25, -0.2) is 14.8 Å². The van der Waals surface area contributed by atoms with Gasteiger partial charge in [0.15, 0.2) is 11.6 Å². The van der Waals surface area contributed by atoms with Gasteiger partial charge in [-0.1, -0.05) is 21.4 Å². The zero-order chi connectivity index (χ0) is 30.2. The Kier molecular flexibility index (Phi) is 7.32. The zero-order valence-electron chi connectivity index (χ0n) is 23.0. The minimum atomic E-state index is -0.987. The van der Waals surface area contributed by atoms with Gasteiger partial charge in [-0.2, -0.15) is 0 Å². The van der Waals surface area contributed by atoms with Crippen molar-refractivity contribution in [3.63, 3.8) is 0 Å². The third kappa shape index (κ3) is 5.30. The number of benzene rings is 2. The number of carbonyl (C=O) groups is 3. The monoisotopic (exact) mass is 598 g/mol. The largest absolute Gasteiger partial charge is 0.483 e. The molecule has 2 unspecified atom stereocenters. The van der Waals surface area contributed by atoms with E-state index >= 15 is 0 Å². The molecule has 2 amide bonds. The third-order valence-electron chi connectivity index (χ3n) is 7.57. The van der Waals surface area contributed by atoms with Crippen LogP contribution in [0.25, 0.3) is 11.0 Å². The van der Waals surface area contributed by atoms with Gasteiger partial charge in [-0.15, -0.1) is 10.2 Å². The number of carboxylic acid groups (broad SMARTS) is 1. The fraction of sp³-hybridized carbons (Fsp3) is 0.207. The average molecular weight is 599 g/mol. The standard InChI is InChI=1S/C29H27N8O5P/c1-14-16-5-6-19(18(16)4-3-17(14)29(40)41)35-28(39)21-9-20(33-26(34-21)24(43)10-30)27(38)31-11-15-2-7-23-22(8-15)37-13-32-36-25(37)12-42-23/h2-4,7-10,13,19H,5-6,11-12,30,43H2,1H3,(H,31,38)(H,35,39)(H,40,41)/b24-10+. The van der Waals surface area contributed by atoms with Gasteiger partial charge in [0.05, 0.1) is 17.3 Å². The number of amides is 2. The van der Waals surface area contributed by atoms with Crippen molar-refractivity contribution in [3.05, 3.63) is 99.8 Å². The third-order valence-corrected chi connectivity index (χ3v) is 8.02. The van der Waals surface area contributed by atoms with Gasteiger partial charge in [0, 0.05) is 24.1 Å². The van der Waals surface area contributed by atoms with Gasteiger partial charge < -0.3 is 26.2 Å². The van der Waals surface area contributed by atoms with E-state index < -0.39 is 17.8 Å². The second-order valence-electron chi connectivity index (χ2n) is 10.2. The topological polar surface area (TPSA) is 187 Å². The Balaban J connectivity index is 1.21. The zero-order valence-corrected chi connectivity index (χ0v) is 24.2. The highest BCUT2D eigenvalue weighted by molar-refractivity contribution is 7.31. The lowest BCUT2D eigenvalue weighted by molar-refractivity contribution is 0.0695. The number of aromatic nitrogens is 5. The minimum absolute atomic E-state index is 0.00431. The molecule has 0 saturated heterocycles. The number of carbonyl (C=O) groups excluding carboxylic acids is 2. The molecule has 13 nitrogen and oxygen atoms in total. The van der Waals surface area contributed by atoms with Crippen LogP contribution in [-0.4, -0.2) is 47.6 Å². The first kappa shape index (κ1) is 28.0. The quantitative estimate of drug-likeness (QED) is 0.230. The number of rotatable bonds is 7. The molecule has 2 aromatic carbocycles. The van der Waals surface area contributed by atoms with E-state index in [1.807, 2.05) is 22.8 Å². The second kappa shape index (κ2) is 11.3. The fourth-order valence-corrected chi connectivity index (χ4v) is 5.46. The number of fused-ring (bicyclic) bond motifs is 4. The summed E-state index contributed by atoms with van der Waals surface area (Å²) in [6.07, 6.45) is 4.12. The molecule has 43 heavy (non-hydrogen) atoms. The molecule has 0 spiro atoms. The van der Waals surface area contributed by atoms with E-state index in [0.717, 1.165) is 22.4 Å². The number of nitrogens with zero attached hydrogens (tertiary/aromatic N) is 5. The summed E-state index contributed by atoms with van der Waals surface area (Å²) >= 11 is 0. The van der Waals surface area contributed by atoms with Crippen molar-refractivity contribution in [1.29, 1.82) is 0 Å². The predicted molar refractivity (Wildman–Crippen MR) is 157 cm³/mol. The molecule has 5 N–H and O–H groups in total. The number of nitrogens with one attached hydrogen (secondary N) is 2. The molecule has 0 bridgehead atoms. The van der Waals surface area contributed by atoms with Crippen LogP contribution in [0.15, 0.2) is 48.9 Å². The highest BCUT2D eigenvalue weighted by atomic mass is 31.0. The first-order chi connectivity index (χ1) is 20.7. The molecule has 218 valence electrons. The minimum Gasteiger partial charge on any atom is -0.483 e. The predicted octanol–water partition coefficient (Wildman–Crippen LogP) is 2.44. The molecule has 0 radical (unpaired) electrons. The van der Waals surface area contributed by atoms with E-state index in [2.05, 4.69) is 40.0 Å². The molecule has 1 aliphatic carbocycles. The van der Waals surface area contributed by atoms with Crippen LogP contribution in [0.2, 0.25) is 0 Å². The smallest absolute Gasteiger partial charge is 0.335 e. The lowest BCUT2D eigenvalue weighted by Crippen LogP contribution is -2.30. The summed E-state index contributed by atoms with van der Waals surface area (Å²) in [4.78, 5) is 46.9. The molecular weight excluding hydrogens is 571 g/mol. The number of hydrogen-bond acceptors (Lipinski definition) is 9. The first-order valence-corrected chi connectivity index (χ1v) is 14.0. The Hall–Kier alpha value is -5.16. The van der Waals surface area contributed by atoms with E-state index in [4.69, 9.17) is 10.5 Å². The molecule has 4 aromatic rings. The van der Waals surface area contributed by atoms with Crippen molar-refractivity contribution in [1.82, 2.24) is 35.4 Å². The summed E-state index contributed by atoms with van der Waals surface area (Å²) < 4.78 is 7.55. The van der Waals surface area contributed by atoms with Crippen LogP contribution in [0.5, 0.6) is 5.75 Å². The Labute approximate surface area is 247 Å². The molecule has 2 aliphatic rings. The maximum Gasteiger partial charge on any atom is 0.335 e. The summed E-state index contributed by atoms with van der Waals surface area (Å²) in [5.41, 5.74) is 9.97. The second-order valence-corrected chi connectivity index (χ2v) is 10.8. The fourth-order valence-electron chi connectivity index (χ4n) is 5.33. The number of nitrogens with two attached hydrogens (primary N) is 1. The molecule has 3 heterocycles. The summed E-state index contributed by atoms with van der Waals surface area (Å²) in [7, 11) is 2.39. The van der Waals surface area contributed by atoms with E-state index in [1.165, 1.54) is 12.3 Å². The summed E-state index contributed by atoms with van der Waals surface area (Å²) in [6, 6.07) is 9.84. The highest BCUT2D eigenvalue weighted by Crippen LogP contribution is 2.35. The van der Waals surface area contributed by atoms with Crippen molar-refractivity contribution in [2.75, 3.05) is 0 Å². The van der Waals surface area contributed by atoms with Crippen LogP contribution in [-0.2, 0) is 19.6 Å². The van der Waals surface area contributed by atoms with E-state index in [0.29, 0.717) is 41.9 Å². The first-order valence-electron chi connectivity index (χ1n) is 13.4. The van der Waals surface area contributed by atoms with Crippen LogP contribution in [0.1, 0.15) is 77.7 Å². The Morgan fingerprint density at radius 2 is 1.95 bits per heavy atom. The molecule has 1 aliphatic heterocycles. The summed E-state index contributed by atoms with van der Waals surface area (Å²) in [5.74, 6) is -0.513. The van der Waals surface area contributed by atoms with Crippen LogP contribution in [0.4, 0.5) is 0 Å². The maximum absolute atomic E-state index is 13.4. The van der Waals surface area contributed by atoms with Crippen molar-refractivity contribution in [2.45, 2.75) is 39.0 Å². The van der Waals surface area contributed by atoms with Gasteiger partial charge in [0.1, 0.15) is 30.1 Å². The molecule has 6 rings (SSSR count). The molecule has 2 aromatic heterocycles. The maximum atomic E-state index is 13.4. The Morgan fingerprint density at radius 3 is 2.72 bits per heavy atom. The Bertz CT molecular complexity index is 1840. The SMILES string of the molecule is Cc1c(C(=O)O)ccc2c1CCC2NC(=O)c1cc(C(=O)NCc2ccc3c(c2)-n2cnnc2CO3)nc(/C(P)=C\N)n1. The lowest BCUT2D eigenvalue weighted by atomic mass is 9.98. The van der Waals surface area contributed by atoms with Crippen molar-refractivity contribution in [3.8, 4) is 11.4 Å². The normalized spacial score (nSPS) is 15.1. The molecular formula is C29H27N8O5P. The Morgan fingerprint density at radius 1 is 1.16 bits per heavy atom. The number of ether oxygens (including phenoxy) is 1. The van der Waals surface area contributed by atoms with E-state index in [1.54, 1.807) is 25.4 Å². The van der Waals surface area contributed by atoms with Crippen LogP contribution in [0, 0.1) is 6.92 Å². The molecule has 14 heteroatoms. The van der Waals surface area contributed by atoms with Crippen molar-refractivity contribution >= 4 is 32.3 Å². The summed E-state index contributed by atoms with van der Waals surface area (Å²) in [5, 5.41) is 23.7. The van der Waals surface area contributed by atoms with Gasteiger partial charge in [-0.3, -0.25) is 14.2 Å². The lowest BCUT2D eigenvalue weighted by Gasteiger charge is -2.19. The van der Waals surface area contributed by atoms with E-state index in [-0.39, 0.29) is 35.4 Å². The number of hydrogen-bond donors (Lipinski definition) is 4. The van der Waals surface area contributed by atoms with E-state index in [9.17, 15) is 19.5 Å². The van der Waals surface area contributed by atoms with Crippen LogP contribution in [0.3, 0.4) is 0 Å². The molecule has 2 atom stereocenters. The number of aromatic carboxylic acids is 1. The molecule has 0 fully saturated rings. The average Bonchev–Trinajstić information content (AvgIpc) is 3.67.